The Morgan fingerprint density at radius 3 is 2.69 bits per heavy atom. The second-order valence-electron chi connectivity index (χ2n) is 3.78. The Morgan fingerprint density at radius 2 is 2.06 bits per heavy atom. The number of ether oxygens (including phenoxy) is 1. The van der Waals surface area contributed by atoms with Crippen molar-refractivity contribution in [1.82, 2.24) is 4.98 Å². The molecule has 0 atom stereocenters. The number of nitrogens with zero attached hydrogens (tertiary/aromatic N) is 1. The van der Waals surface area contributed by atoms with Gasteiger partial charge < -0.3 is 4.74 Å². The third-order valence-electron chi connectivity index (χ3n) is 2.70. The number of benzene rings is 1. The third kappa shape index (κ3) is 1.92. The summed E-state index contributed by atoms with van der Waals surface area (Å²) in [6.07, 6.45) is 0.998. The third-order valence-corrected chi connectivity index (χ3v) is 3.50. The molecule has 0 aliphatic carbocycles. The highest BCUT2D eigenvalue weighted by Crippen LogP contribution is 2.29. The van der Waals surface area contributed by atoms with E-state index in [-0.39, 0.29) is 0 Å². The second-order valence-corrected chi connectivity index (χ2v) is 4.63. The molecule has 2 aromatic rings. The monoisotopic (exact) mass is 279 g/mol. The molecule has 0 amide bonds. The molecule has 0 spiro atoms. The van der Waals surface area contributed by atoms with Crippen molar-refractivity contribution in [1.29, 1.82) is 0 Å². The van der Waals surface area contributed by atoms with Crippen molar-refractivity contribution < 1.29 is 4.74 Å². The van der Waals surface area contributed by atoms with Crippen LogP contribution in [-0.4, -0.2) is 12.1 Å². The molecular formula is C13H14BrNO. The normalized spacial score (nSPS) is 10.8. The van der Waals surface area contributed by atoms with Gasteiger partial charge in [-0.15, -0.1) is 0 Å². The molecule has 3 heteroatoms. The highest BCUT2D eigenvalue weighted by Gasteiger charge is 2.07. The molecule has 1 aromatic carbocycles. The van der Waals surface area contributed by atoms with Crippen molar-refractivity contribution in [2.24, 2.45) is 0 Å². The topological polar surface area (TPSA) is 22.1 Å². The van der Waals surface area contributed by atoms with Crippen LogP contribution in [0.25, 0.3) is 10.9 Å². The highest BCUT2D eigenvalue weighted by atomic mass is 79.9. The first-order valence-electron chi connectivity index (χ1n) is 5.29. The SMILES string of the molecule is CCc1cc(OC)c2nc(C)c(Br)cc2c1. The van der Waals surface area contributed by atoms with Gasteiger partial charge in [-0.05, 0) is 53.0 Å². The van der Waals surface area contributed by atoms with E-state index in [0.717, 1.165) is 33.2 Å². The van der Waals surface area contributed by atoms with Crippen molar-refractivity contribution in [3.05, 3.63) is 33.9 Å². The summed E-state index contributed by atoms with van der Waals surface area (Å²) in [6, 6.07) is 6.32. The fourth-order valence-electron chi connectivity index (χ4n) is 1.74. The number of halogens is 1. The van der Waals surface area contributed by atoms with E-state index >= 15 is 0 Å². The van der Waals surface area contributed by atoms with E-state index < -0.39 is 0 Å². The minimum atomic E-state index is 0.852. The molecule has 84 valence electrons. The number of aryl methyl sites for hydroxylation is 2. The summed E-state index contributed by atoms with van der Waals surface area (Å²) in [4.78, 5) is 4.55. The van der Waals surface area contributed by atoms with Crippen LogP contribution in [-0.2, 0) is 6.42 Å². The molecule has 0 N–H and O–H groups in total. The predicted octanol–water partition coefficient (Wildman–Crippen LogP) is 3.88. The Morgan fingerprint density at radius 1 is 1.31 bits per heavy atom. The van der Waals surface area contributed by atoms with Crippen molar-refractivity contribution in [3.63, 3.8) is 0 Å². The van der Waals surface area contributed by atoms with Gasteiger partial charge in [0.25, 0.3) is 0 Å². The van der Waals surface area contributed by atoms with Crippen LogP contribution in [0.1, 0.15) is 18.2 Å². The minimum absolute atomic E-state index is 0.852. The van der Waals surface area contributed by atoms with E-state index in [1.807, 2.05) is 6.92 Å². The lowest BCUT2D eigenvalue weighted by Crippen LogP contribution is -1.93. The van der Waals surface area contributed by atoms with Gasteiger partial charge in [0.1, 0.15) is 11.3 Å². The molecule has 0 unspecified atom stereocenters. The molecule has 0 bridgehead atoms. The summed E-state index contributed by atoms with van der Waals surface area (Å²) in [7, 11) is 1.69. The maximum atomic E-state index is 5.39. The first kappa shape index (κ1) is 11.4. The molecule has 0 saturated carbocycles. The van der Waals surface area contributed by atoms with Gasteiger partial charge in [-0.3, -0.25) is 0 Å². The summed E-state index contributed by atoms with van der Waals surface area (Å²) >= 11 is 3.51. The summed E-state index contributed by atoms with van der Waals surface area (Å²) in [5.41, 5.74) is 3.18. The van der Waals surface area contributed by atoms with Crippen LogP contribution in [0.4, 0.5) is 0 Å². The van der Waals surface area contributed by atoms with Crippen LogP contribution in [0.2, 0.25) is 0 Å². The number of methoxy groups -OCH3 is 1. The zero-order valence-corrected chi connectivity index (χ0v) is 11.3. The lowest BCUT2D eigenvalue weighted by atomic mass is 10.1. The first-order chi connectivity index (χ1) is 7.65. The molecule has 0 radical (unpaired) electrons. The predicted molar refractivity (Wildman–Crippen MR) is 70.1 cm³/mol. The Labute approximate surface area is 104 Å². The number of pyridine rings is 1. The van der Waals surface area contributed by atoms with Crippen LogP contribution in [0.15, 0.2) is 22.7 Å². The van der Waals surface area contributed by atoms with Gasteiger partial charge in [-0.25, -0.2) is 4.98 Å². The van der Waals surface area contributed by atoms with Crippen LogP contribution in [0.5, 0.6) is 5.75 Å². The molecule has 0 aliphatic rings. The second kappa shape index (κ2) is 4.42. The quantitative estimate of drug-likeness (QED) is 0.833. The molecule has 0 saturated heterocycles. The van der Waals surface area contributed by atoms with E-state index in [2.05, 4.69) is 46.0 Å². The fraction of sp³-hybridized carbons (Fsp3) is 0.308. The number of rotatable bonds is 2. The van der Waals surface area contributed by atoms with Gasteiger partial charge in [-0.1, -0.05) is 6.92 Å². The maximum absolute atomic E-state index is 5.39. The van der Waals surface area contributed by atoms with Crippen molar-refractivity contribution in [2.45, 2.75) is 20.3 Å². The Hall–Kier alpha value is -1.09. The van der Waals surface area contributed by atoms with Gasteiger partial charge in [0.15, 0.2) is 0 Å². The van der Waals surface area contributed by atoms with E-state index in [0.29, 0.717) is 0 Å². The average Bonchev–Trinajstić information content (AvgIpc) is 2.29. The van der Waals surface area contributed by atoms with E-state index in [1.54, 1.807) is 7.11 Å². The summed E-state index contributed by atoms with van der Waals surface area (Å²) in [5, 5.41) is 1.12. The van der Waals surface area contributed by atoms with Gasteiger partial charge in [-0.2, -0.15) is 0 Å². The van der Waals surface area contributed by atoms with E-state index in [1.165, 1.54) is 5.56 Å². The number of hydrogen-bond acceptors (Lipinski definition) is 2. The van der Waals surface area contributed by atoms with Gasteiger partial charge in [0, 0.05) is 9.86 Å². The van der Waals surface area contributed by atoms with E-state index in [9.17, 15) is 0 Å². The van der Waals surface area contributed by atoms with E-state index in [4.69, 9.17) is 4.74 Å². The molecule has 2 rings (SSSR count). The van der Waals surface area contributed by atoms with Gasteiger partial charge in [0.2, 0.25) is 0 Å². The Kier molecular flexibility index (Phi) is 3.15. The lowest BCUT2D eigenvalue weighted by Gasteiger charge is -2.09. The smallest absolute Gasteiger partial charge is 0.145 e. The van der Waals surface area contributed by atoms with Crippen LogP contribution >= 0.6 is 15.9 Å². The molecule has 16 heavy (non-hydrogen) atoms. The zero-order chi connectivity index (χ0) is 11.7. The number of aromatic nitrogens is 1. The summed E-state index contributed by atoms with van der Waals surface area (Å²) < 4.78 is 6.42. The van der Waals surface area contributed by atoms with Gasteiger partial charge >= 0.3 is 0 Å². The van der Waals surface area contributed by atoms with Crippen LogP contribution in [0, 0.1) is 6.92 Å². The first-order valence-corrected chi connectivity index (χ1v) is 6.08. The van der Waals surface area contributed by atoms with Crippen molar-refractivity contribution in [2.75, 3.05) is 7.11 Å². The molecule has 0 aliphatic heterocycles. The Balaban J connectivity index is 2.79. The number of fused-ring (bicyclic) bond motifs is 1. The molecule has 0 fully saturated rings. The lowest BCUT2D eigenvalue weighted by molar-refractivity contribution is 0.418. The standard InChI is InChI=1S/C13H14BrNO/c1-4-9-5-10-7-11(14)8(2)15-13(10)12(6-9)16-3/h5-7H,4H2,1-3H3. The molecular weight excluding hydrogens is 266 g/mol. The largest absolute Gasteiger partial charge is 0.494 e. The van der Waals surface area contributed by atoms with Crippen molar-refractivity contribution >= 4 is 26.8 Å². The Bertz CT molecular complexity index is 537. The number of hydrogen-bond donors (Lipinski definition) is 0. The molecule has 1 heterocycles. The zero-order valence-electron chi connectivity index (χ0n) is 9.67. The maximum Gasteiger partial charge on any atom is 0.145 e. The van der Waals surface area contributed by atoms with Crippen LogP contribution < -0.4 is 4.74 Å². The molecule has 1 aromatic heterocycles. The van der Waals surface area contributed by atoms with Crippen LogP contribution in [0.3, 0.4) is 0 Å². The molecule has 2 nitrogen and oxygen atoms in total. The highest BCUT2D eigenvalue weighted by molar-refractivity contribution is 9.10. The average molecular weight is 280 g/mol. The van der Waals surface area contributed by atoms with Crippen molar-refractivity contribution in [3.8, 4) is 5.75 Å². The summed E-state index contributed by atoms with van der Waals surface area (Å²) in [5.74, 6) is 0.852. The van der Waals surface area contributed by atoms with Gasteiger partial charge in [0.05, 0.1) is 12.8 Å². The summed E-state index contributed by atoms with van der Waals surface area (Å²) in [6.45, 7) is 4.12. The minimum Gasteiger partial charge on any atom is -0.494 e. The fourth-order valence-corrected chi connectivity index (χ4v) is 2.08.